The molecule has 0 aromatic heterocycles. The fraction of sp³-hybridized carbons (Fsp3) is 0.588. The Kier molecular flexibility index (Phi) is 5.37. The third kappa shape index (κ3) is 4.29. The van der Waals surface area contributed by atoms with E-state index in [0.29, 0.717) is 19.1 Å². The Hall–Kier alpha value is -1.39. The minimum absolute atomic E-state index is 0.0888. The molecule has 0 radical (unpaired) electrons. The van der Waals surface area contributed by atoms with Crippen LogP contribution in [0.5, 0.6) is 0 Å². The largest absolute Gasteiger partial charge is 0.481 e. The second-order valence-electron chi connectivity index (χ2n) is 6.02. The number of carbonyl (C=O) groups is 1. The van der Waals surface area contributed by atoms with Gasteiger partial charge in [-0.1, -0.05) is 23.8 Å². The highest BCUT2D eigenvalue weighted by Gasteiger charge is 2.27. The van der Waals surface area contributed by atoms with Crippen LogP contribution in [0.4, 0.5) is 0 Å². The lowest BCUT2D eigenvalue weighted by Gasteiger charge is -2.38. The van der Waals surface area contributed by atoms with Crippen LogP contribution in [-0.2, 0) is 9.53 Å². The molecule has 21 heavy (non-hydrogen) atoms. The first-order valence-corrected chi connectivity index (χ1v) is 7.62. The number of hydrogen-bond acceptors (Lipinski definition) is 3. The molecule has 116 valence electrons. The van der Waals surface area contributed by atoms with Gasteiger partial charge in [0.1, 0.15) is 0 Å². The van der Waals surface area contributed by atoms with Crippen LogP contribution in [0.25, 0.3) is 0 Å². The molecule has 0 spiro atoms. The monoisotopic (exact) mass is 291 g/mol. The van der Waals surface area contributed by atoms with E-state index in [-0.39, 0.29) is 12.5 Å². The maximum absolute atomic E-state index is 10.6. The second kappa shape index (κ2) is 7.05. The zero-order valence-electron chi connectivity index (χ0n) is 13.1. The molecule has 1 saturated heterocycles. The molecule has 0 saturated carbocycles. The van der Waals surface area contributed by atoms with Crippen molar-refractivity contribution in [2.45, 2.75) is 45.8 Å². The van der Waals surface area contributed by atoms with Crippen LogP contribution in [0.2, 0.25) is 0 Å². The lowest BCUT2D eigenvalue weighted by atomic mass is 9.98. The number of carboxylic acids is 1. The minimum Gasteiger partial charge on any atom is -0.481 e. The lowest BCUT2D eigenvalue weighted by Crippen LogP contribution is -2.45. The Balaban J connectivity index is 2.02. The molecule has 0 aliphatic carbocycles. The number of aryl methyl sites for hydroxylation is 2. The summed E-state index contributed by atoms with van der Waals surface area (Å²) in [5, 5.41) is 8.76. The van der Waals surface area contributed by atoms with Crippen molar-refractivity contribution >= 4 is 5.97 Å². The van der Waals surface area contributed by atoms with Gasteiger partial charge in [0.05, 0.1) is 12.7 Å². The minimum atomic E-state index is -0.720. The molecular formula is C17H25NO3. The molecule has 1 aliphatic heterocycles. The number of nitrogens with zero attached hydrogens (tertiary/aromatic N) is 1. The van der Waals surface area contributed by atoms with Gasteiger partial charge < -0.3 is 9.84 Å². The van der Waals surface area contributed by atoms with E-state index in [1.807, 2.05) is 0 Å². The number of aliphatic carboxylic acids is 1. The summed E-state index contributed by atoms with van der Waals surface area (Å²) in [4.78, 5) is 13.0. The fourth-order valence-corrected chi connectivity index (χ4v) is 2.85. The first-order valence-electron chi connectivity index (χ1n) is 7.62. The molecule has 4 nitrogen and oxygen atoms in total. The van der Waals surface area contributed by atoms with Crippen LogP contribution in [0.15, 0.2) is 18.2 Å². The topological polar surface area (TPSA) is 49.8 Å². The van der Waals surface area contributed by atoms with Crippen molar-refractivity contribution in [2.24, 2.45) is 0 Å². The summed E-state index contributed by atoms with van der Waals surface area (Å²) in [5.74, 6) is -0.720. The molecule has 4 heteroatoms. The van der Waals surface area contributed by atoms with Crippen molar-refractivity contribution in [3.05, 3.63) is 34.9 Å². The summed E-state index contributed by atoms with van der Waals surface area (Å²) >= 11 is 0. The lowest BCUT2D eigenvalue weighted by molar-refractivity contribution is -0.137. The molecule has 1 aromatic carbocycles. The van der Waals surface area contributed by atoms with Crippen molar-refractivity contribution in [2.75, 3.05) is 19.7 Å². The first kappa shape index (κ1) is 16.0. The summed E-state index contributed by atoms with van der Waals surface area (Å²) in [6.07, 6.45) is 1.02. The van der Waals surface area contributed by atoms with Gasteiger partial charge in [0.2, 0.25) is 0 Å². The van der Waals surface area contributed by atoms with Crippen molar-refractivity contribution in [3.63, 3.8) is 0 Å². The molecule has 1 fully saturated rings. The predicted molar refractivity (Wildman–Crippen MR) is 82.5 cm³/mol. The van der Waals surface area contributed by atoms with E-state index in [1.54, 1.807) is 0 Å². The van der Waals surface area contributed by atoms with Gasteiger partial charge in [0, 0.05) is 19.0 Å². The summed E-state index contributed by atoms with van der Waals surface area (Å²) < 4.78 is 6.01. The molecule has 2 unspecified atom stereocenters. The van der Waals surface area contributed by atoms with Crippen molar-refractivity contribution in [1.29, 1.82) is 0 Å². The highest BCUT2D eigenvalue weighted by atomic mass is 16.5. The first-order chi connectivity index (χ1) is 9.97. The highest BCUT2D eigenvalue weighted by Crippen LogP contribution is 2.28. The Labute approximate surface area is 126 Å². The third-order valence-corrected chi connectivity index (χ3v) is 4.18. The molecular weight excluding hydrogens is 266 g/mol. The van der Waals surface area contributed by atoms with E-state index in [2.05, 4.69) is 43.9 Å². The maximum atomic E-state index is 10.6. The van der Waals surface area contributed by atoms with E-state index < -0.39 is 5.97 Å². The average molecular weight is 291 g/mol. The zero-order chi connectivity index (χ0) is 15.4. The number of ether oxygens (including phenoxy) is 1. The summed E-state index contributed by atoms with van der Waals surface area (Å²) in [7, 11) is 0. The van der Waals surface area contributed by atoms with E-state index in [9.17, 15) is 4.79 Å². The second-order valence-corrected chi connectivity index (χ2v) is 6.02. The Morgan fingerprint density at radius 1 is 1.43 bits per heavy atom. The van der Waals surface area contributed by atoms with Gasteiger partial charge in [0.25, 0.3) is 0 Å². The van der Waals surface area contributed by atoms with Gasteiger partial charge in [0.15, 0.2) is 0 Å². The predicted octanol–water partition coefficient (Wildman–Crippen LogP) is 2.93. The van der Waals surface area contributed by atoms with Crippen LogP contribution in [0, 0.1) is 13.8 Å². The van der Waals surface area contributed by atoms with Gasteiger partial charge in [-0.15, -0.1) is 0 Å². The van der Waals surface area contributed by atoms with E-state index in [4.69, 9.17) is 9.84 Å². The molecule has 1 aliphatic rings. The summed E-state index contributed by atoms with van der Waals surface area (Å²) in [5.41, 5.74) is 3.76. The molecule has 2 atom stereocenters. The van der Waals surface area contributed by atoms with Crippen LogP contribution < -0.4 is 0 Å². The van der Waals surface area contributed by atoms with Crippen LogP contribution in [0.3, 0.4) is 0 Å². The van der Waals surface area contributed by atoms with Crippen LogP contribution >= 0.6 is 0 Å². The highest BCUT2D eigenvalue weighted by molar-refractivity contribution is 5.66. The van der Waals surface area contributed by atoms with Crippen LogP contribution in [0.1, 0.15) is 42.6 Å². The average Bonchev–Trinajstić information content (AvgIpc) is 2.43. The molecule has 1 heterocycles. The van der Waals surface area contributed by atoms with Gasteiger partial charge in [-0.25, -0.2) is 0 Å². The van der Waals surface area contributed by atoms with Crippen molar-refractivity contribution < 1.29 is 14.6 Å². The van der Waals surface area contributed by atoms with Gasteiger partial charge in [-0.3, -0.25) is 9.69 Å². The van der Waals surface area contributed by atoms with Crippen molar-refractivity contribution in [1.82, 2.24) is 4.90 Å². The number of carboxylic acid groups (broad SMARTS) is 1. The number of morpholine rings is 1. The summed E-state index contributed by atoms with van der Waals surface area (Å²) in [6, 6.07) is 6.81. The third-order valence-electron chi connectivity index (χ3n) is 4.18. The molecule has 2 rings (SSSR count). The standard InChI is InChI=1S/C17H25NO3/c1-12-6-7-13(2)15(9-12)16-10-18(14(3)11-21-16)8-4-5-17(19)20/h6-7,9,14,16H,4-5,8,10-11H2,1-3H3,(H,19,20). The van der Waals surface area contributed by atoms with E-state index in [0.717, 1.165) is 13.1 Å². The Bertz CT molecular complexity index is 501. The zero-order valence-corrected chi connectivity index (χ0v) is 13.1. The quantitative estimate of drug-likeness (QED) is 0.906. The van der Waals surface area contributed by atoms with Crippen LogP contribution in [-0.4, -0.2) is 41.7 Å². The SMILES string of the molecule is Cc1ccc(C)c(C2CN(CCCC(=O)O)C(C)CO2)c1. The maximum Gasteiger partial charge on any atom is 0.303 e. The van der Waals surface area contributed by atoms with Crippen molar-refractivity contribution in [3.8, 4) is 0 Å². The van der Waals surface area contributed by atoms with Gasteiger partial charge >= 0.3 is 5.97 Å². The van der Waals surface area contributed by atoms with Gasteiger partial charge in [-0.05, 0) is 44.9 Å². The molecule has 1 aromatic rings. The number of benzene rings is 1. The number of hydrogen-bond donors (Lipinski definition) is 1. The molecule has 0 amide bonds. The normalized spacial score (nSPS) is 23.2. The van der Waals surface area contributed by atoms with Gasteiger partial charge in [-0.2, -0.15) is 0 Å². The smallest absolute Gasteiger partial charge is 0.303 e. The Morgan fingerprint density at radius 3 is 2.90 bits per heavy atom. The number of rotatable bonds is 5. The molecule has 1 N–H and O–H groups in total. The van der Waals surface area contributed by atoms with E-state index >= 15 is 0 Å². The van der Waals surface area contributed by atoms with E-state index in [1.165, 1.54) is 16.7 Å². The summed E-state index contributed by atoms with van der Waals surface area (Å²) in [6.45, 7) is 8.71. The fourth-order valence-electron chi connectivity index (χ4n) is 2.85. The Morgan fingerprint density at radius 2 is 2.19 bits per heavy atom. The molecule has 0 bridgehead atoms.